The fourth-order valence-electron chi connectivity index (χ4n) is 2.02. The Labute approximate surface area is 115 Å². The second kappa shape index (κ2) is 4.88. The van der Waals surface area contributed by atoms with Crippen molar-refractivity contribution in [2.75, 3.05) is 0 Å². The first-order chi connectivity index (χ1) is 9.65. The maximum Gasteiger partial charge on any atom is 0.281 e. The van der Waals surface area contributed by atoms with E-state index in [0.29, 0.717) is 18.0 Å². The lowest BCUT2D eigenvalue weighted by atomic mass is 10.2. The second-order valence-electron chi connectivity index (χ2n) is 5.01. The minimum atomic E-state index is -0.238. The number of hydrogen-bond donors (Lipinski definition) is 1. The molecule has 0 aliphatic heterocycles. The second-order valence-corrected chi connectivity index (χ2v) is 5.01. The van der Waals surface area contributed by atoms with Gasteiger partial charge in [0.25, 0.3) is 5.56 Å². The predicted molar refractivity (Wildman–Crippen MR) is 75.6 cm³/mol. The summed E-state index contributed by atoms with van der Waals surface area (Å²) in [6.07, 6.45) is 0. The van der Waals surface area contributed by atoms with Crippen molar-refractivity contribution in [3.8, 4) is 0 Å². The molecule has 0 aliphatic carbocycles. The van der Waals surface area contributed by atoms with Crippen LogP contribution in [0.5, 0.6) is 0 Å². The van der Waals surface area contributed by atoms with E-state index in [2.05, 4.69) is 20.3 Å². The number of nitrogens with zero attached hydrogens (tertiary/aromatic N) is 4. The first kappa shape index (κ1) is 12.5. The third-order valence-electron chi connectivity index (χ3n) is 3.11. The third kappa shape index (κ3) is 2.20. The number of aromatic nitrogens is 5. The van der Waals surface area contributed by atoms with Crippen LogP contribution in [-0.2, 0) is 6.54 Å². The van der Waals surface area contributed by atoms with E-state index in [1.807, 2.05) is 44.2 Å². The highest BCUT2D eigenvalue weighted by Crippen LogP contribution is 2.11. The van der Waals surface area contributed by atoms with Crippen molar-refractivity contribution in [3.63, 3.8) is 0 Å². The molecule has 102 valence electrons. The van der Waals surface area contributed by atoms with E-state index in [1.165, 1.54) is 0 Å². The van der Waals surface area contributed by atoms with Gasteiger partial charge in [-0.05, 0) is 5.56 Å². The van der Waals surface area contributed by atoms with Crippen molar-refractivity contribution < 1.29 is 0 Å². The van der Waals surface area contributed by atoms with Gasteiger partial charge in [-0.1, -0.05) is 49.4 Å². The molecule has 0 unspecified atom stereocenters. The molecule has 1 N–H and O–H groups in total. The first-order valence-corrected chi connectivity index (χ1v) is 6.52. The van der Waals surface area contributed by atoms with Crippen molar-refractivity contribution >= 4 is 11.2 Å². The van der Waals surface area contributed by atoms with Crippen LogP contribution in [0.15, 0.2) is 35.1 Å². The number of aromatic amines is 1. The standard InChI is InChI=1S/C14H15N5O/c1-9(2)12-15-13-11(14(20)16-12)17-18-19(13)8-10-6-4-3-5-7-10/h3-7,9H,8H2,1-2H3,(H,15,16,20). The fourth-order valence-corrected chi connectivity index (χ4v) is 2.02. The summed E-state index contributed by atoms with van der Waals surface area (Å²) in [7, 11) is 0. The molecule has 0 spiro atoms. The summed E-state index contributed by atoms with van der Waals surface area (Å²) in [5.41, 5.74) is 1.66. The topological polar surface area (TPSA) is 76.5 Å². The zero-order valence-electron chi connectivity index (χ0n) is 11.4. The Balaban J connectivity index is 2.10. The number of hydrogen-bond acceptors (Lipinski definition) is 4. The van der Waals surface area contributed by atoms with Gasteiger partial charge < -0.3 is 4.98 Å². The summed E-state index contributed by atoms with van der Waals surface area (Å²) < 4.78 is 1.66. The van der Waals surface area contributed by atoms with Crippen molar-refractivity contribution in [1.82, 2.24) is 25.0 Å². The van der Waals surface area contributed by atoms with Gasteiger partial charge in [-0.15, -0.1) is 5.10 Å². The zero-order valence-corrected chi connectivity index (χ0v) is 11.4. The van der Waals surface area contributed by atoms with Gasteiger partial charge in [0.1, 0.15) is 5.82 Å². The zero-order chi connectivity index (χ0) is 14.1. The highest BCUT2D eigenvalue weighted by Gasteiger charge is 2.13. The fraction of sp³-hybridized carbons (Fsp3) is 0.286. The van der Waals surface area contributed by atoms with Gasteiger partial charge in [0.15, 0.2) is 11.2 Å². The lowest BCUT2D eigenvalue weighted by Crippen LogP contribution is -2.14. The summed E-state index contributed by atoms with van der Waals surface area (Å²) in [5.74, 6) is 0.797. The Morgan fingerprint density at radius 1 is 1.25 bits per heavy atom. The molecule has 0 bridgehead atoms. The number of H-pyrrole nitrogens is 1. The monoisotopic (exact) mass is 269 g/mol. The van der Waals surface area contributed by atoms with Crippen LogP contribution in [0.1, 0.15) is 31.2 Å². The van der Waals surface area contributed by atoms with E-state index in [4.69, 9.17) is 0 Å². The van der Waals surface area contributed by atoms with Crippen LogP contribution in [-0.4, -0.2) is 25.0 Å². The smallest absolute Gasteiger partial charge is 0.281 e. The Bertz CT molecular complexity index is 788. The molecule has 0 aliphatic rings. The molecule has 0 amide bonds. The van der Waals surface area contributed by atoms with Gasteiger partial charge in [0, 0.05) is 5.92 Å². The lowest BCUT2D eigenvalue weighted by molar-refractivity contribution is 0.660. The third-order valence-corrected chi connectivity index (χ3v) is 3.11. The summed E-state index contributed by atoms with van der Waals surface area (Å²) in [6, 6.07) is 9.90. The van der Waals surface area contributed by atoms with Crippen LogP contribution in [0.3, 0.4) is 0 Å². The van der Waals surface area contributed by atoms with E-state index in [9.17, 15) is 4.79 Å². The summed E-state index contributed by atoms with van der Waals surface area (Å²) in [6.45, 7) is 4.51. The molecule has 20 heavy (non-hydrogen) atoms. The van der Waals surface area contributed by atoms with E-state index in [0.717, 1.165) is 5.56 Å². The molecule has 2 aromatic heterocycles. The average Bonchev–Trinajstić information content (AvgIpc) is 2.84. The molecule has 0 radical (unpaired) electrons. The molecule has 0 saturated carbocycles. The molecule has 6 nitrogen and oxygen atoms in total. The number of rotatable bonds is 3. The minimum Gasteiger partial charge on any atom is -0.308 e. The van der Waals surface area contributed by atoms with Crippen molar-refractivity contribution in [2.24, 2.45) is 0 Å². The Morgan fingerprint density at radius 2 is 2.00 bits per heavy atom. The molecular weight excluding hydrogens is 254 g/mol. The molecule has 1 aromatic carbocycles. The van der Waals surface area contributed by atoms with Gasteiger partial charge in [-0.2, -0.15) is 0 Å². The van der Waals surface area contributed by atoms with Crippen LogP contribution >= 0.6 is 0 Å². The summed E-state index contributed by atoms with van der Waals surface area (Å²) in [5, 5.41) is 7.96. The van der Waals surface area contributed by atoms with Crippen molar-refractivity contribution in [3.05, 3.63) is 52.1 Å². The average molecular weight is 269 g/mol. The van der Waals surface area contributed by atoms with Gasteiger partial charge in [-0.25, -0.2) is 9.67 Å². The SMILES string of the molecule is CC(C)c1nc2c(nnn2Cc2ccccc2)c(=O)[nH]1. The molecule has 6 heteroatoms. The van der Waals surface area contributed by atoms with E-state index >= 15 is 0 Å². The Morgan fingerprint density at radius 3 is 2.70 bits per heavy atom. The molecule has 0 atom stereocenters. The molecule has 3 aromatic rings. The number of benzene rings is 1. The Hall–Kier alpha value is -2.50. The van der Waals surface area contributed by atoms with Gasteiger partial charge in [0.2, 0.25) is 0 Å². The Kier molecular flexibility index (Phi) is 3.06. The maximum absolute atomic E-state index is 12.0. The number of nitrogens with one attached hydrogen (secondary N) is 1. The molecule has 0 fully saturated rings. The largest absolute Gasteiger partial charge is 0.308 e. The minimum absolute atomic E-state index is 0.146. The molecule has 3 rings (SSSR count). The van der Waals surface area contributed by atoms with Crippen LogP contribution in [0, 0.1) is 0 Å². The summed E-state index contributed by atoms with van der Waals surface area (Å²) in [4.78, 5) is 19.2. The van der Waals surface area contributed by atoms with Gasteiger partial charge >= 0.3 is 0 Å². The van der Waals surface area contributed by atoms with Crippen LogP contribution in [0.2, 0.25) is 0 Å². The van der Waals surface area contributed by atoms with E-state index in [1.54, 1.807) is 4.68 Å². The lowest BCUT2D eigenvalue weighted by Gasteiger charge is -2.05. The van der Waals surface area contributed by atoms with Crippen LogP contribution in [0.25, 0.3) is 11.2 Å². The highest BCUT2D eigenvalue weighted by molar-refractivity contribution is 5.68. The van der Waals surface area contributed by atoms with E-state index < -0.39 is 0 Å². The molecular formula is C14H15N5O. The first-order valence-electron chi connectivity index (χ1n) is 6.52. The number of fused-ring (bicyclic) bond motifs is 1. The van der Waals surface area contributed by atoms with E-state index in [-0.39, 0.29) is 17.0 Å². The quantitative estimate of drug-likeness (QED) is 0.785. The maximum atomic E-state index is 12.0. The van der Waals surface area contributed by atoms with Crippen molar-refractivity contribution in [2.45, 2.75) is 26.3 Å². The normalized spacial score (nSPS) is 11.3. The van der Waals surface area contributed by atoms with Gasteiger partial charge in [0.05, 0.1) is 6.54 Å². The molecule has 0 saturated heterocycles. The molecule has 2 heterocycles. The predicted octanol–water partition coefficient (Wildman–Crippen LogP) is 1.69. The van der Waals surface area contributed by atoms with Crippen molar-refractivity contribution in [1.29, 1.82) is 0 Å². The summed E-state index contributed by atoms with van der Waals surface area (Å²) >= 11 is 0. The van der Waals surface area contributed by atoms with Crippen LogP contribution < -0.4 is 5.56 Å². The van der Waals surface area contributed by atoms with Gasteiger partial charge in [-0.3, -0.25) is 4.79 Å². The highest BCUT2D eigenvalue weighted by atomic mass is 16.1. The van der Waals surface area contributed by atoms with Crippen LogP contribution in [0.4, 0.5) is 0 Å².